The topological polar surface area (TPSA) is 49.9 Å². The van der Waals surface area contributed by atoms with Gasteiger partial charge in [0.2, 0.25) is 5.91 Å². The third-order valence-electron chi connectivity index (χ3n) is 7.30. The minimum Gasteiger partial charge on any atom is -0.491 e. The second kappa shape index (κ2) is 12.6. The van der Waals surface area contributed by atoms with Gasteiger partial charge in [-0.1, -0.05) is 46.2 Å². The van der Waals surface area contributed by atoms with E-state index in [-0.39, 0.29) is 30.3 Å². The number of fused-ring (bicyclic) bond motifs is 1. The van der Waals surface area contributed by atoms with Gasteiger partial charge in [0.05, 0.1) is 6.04 Å². The molecular weight excluding hydrogens is 499 g/mol. The fourth-order valence-corrected chi connectivity index (χ4v) is 5.68. The first-order valence-electron chi connectivity index (χ1n) is 13.4. The maximum absolute atomic E-state index is 13.8. The minimum atomic E-state index is -0.396. The van der Waals surface area contributed by atoms with Crippen molar-refractivity contribution in [2.45, 2.75) is 52.5 Å². The van der Waals surface area contributed by atoms with Crippen molar-refractivity contribution in [1.82, 2.24) is 9.80 Å². The van der Waals surface area contributed by atoms with Gasteiger partial charge in [-0.15, -0.1) is 11.3 Å². The molecule has 4 rings (SSSR count). The smallest absolute Gasteiger partial charge is 0.254 e. The van der Waals surface area contributed by atoms with Crippen molar-refractivity contribution in [1.29, 1.82) is 0 Å². The Bertz CT molecular complexity index is 1220. The first kappa shape index (κ1) is 27.8. The molecule has 202 valence electrons. The molecule has 1 aliphatic heterocycles. The van der Waals surface area contributed by atoms with Crippen LogP contribution >= 0.6 is 11.3 Å². The number of carbonyl (C=O) groups is 2. The second-order valence-corrected chi connectivity index (χ2v) is 11.4. The number of amides is 2. The first-order chi connectivity index (χ1) is 18.3. The number of thiophene rings is 1. The van der Waals surface area contributed by atoms with Crippen LogP contribution in [0.25, 0.3) is 0 Å². The van der Waals surface area contributed by atoms with Crippen molar-refractivity contribution in [3.63, 3.8) is 0 Å². The standard InChI is InChI=1S/C31H37FN2O3S/c1-5-22(4)18-33(31(36)24-6-10-25(32)11-7-24)19-30(35)34-16-14-29-27(15-17-38-29)28(34)20-37-26-12-8-23(9-13-26)21(2)3/h6-13,15,17,21-22,28H,5,14,16,18-20H2,1-4H3/t22-,28-/m1/s1. The summed E-state index contributed by atoms with van der Waals surface area (Å²) in [4.78, 5) is 31.9. The zero-order valence-electron chi connectivity index (χ0n) is 22.7. The van der Waals surface area contributed by atoms with Crippen LogP contribution in [0.1, 0.15) is 72.4 Å². The molecule has 1 aliphatic rings. The van der Waals surface area contributed by atoms with Gasteiger partial charge in [0, 0.05) is 23.5 Å². The number of rotatable bonds is 10. The molecule has 2 aromatic carbocycles. The van der Waals surface area contributed by atoms with E-state index in [1.54, 1.807) is 16.2 Å². The molecule has 1 aromatic heterocycles. The summed E-state index contributed by atoms with van der Waals surface area (Å²) in [7, 11) is 0. The van der Waals surface area contributed by atoms with E-state index in [4.69, 9.17) is 4.74 Å². The molecule has 0 saturated carbocycles. The number of carbonyl (C=O) groups excluding carboxylic acids is 2. The van der Waals surface area contributed by atoms with Crippen LogP contribution in [0.15, 0.2) is 60.0 Å². The van der Waals surface area contributed by atoms with Crippen molar-refractivity contribution in [2.24, 2.45) is 5.92 Å². The Morgan fingerprint density at radius 3 is 2.45 bits per heavy atom. The van der Waals surface area contributed by atoms with Crippen LogP contribution in [0.2, 0.25) is 0 Å². The van der Waals surface area contributed by atoms with Crippen molar-refractivity contribution in [3.05, 3.63) is 87.4 Å². The number of hydrogen-bond acceptors (Lipinski definition) is 4. The van der Waals surface area contributed by atoms with Gasteiger partial charge in [-0.05, 0) is 77.2 Å². The van der Waals surface area contributed by atoms with Crippen LogP contribution in [-0.4, -0.2) is 47.9 Å². The molecule has 38 heavy (non-hydrogen) atoms. The van der Waals surface area contributed by atoms with E-state index in [0.717, 1.165) is 24.2 Å². The van der Waals surface area contributed by atoms with Gasteiger partial charge in [-0.3, -0.25) is 9.59 Å². The van der Waals surface area contributed by atoms with E-state index in [2.05, 4.69) is 51.3 Å². The number of hydrogen-bond donors (Lipinski definition) is 0. The van der Waals surface area contributed by atoms with Crippen LogP contribution in [0.3, 0.4) is 0 Å². The van der Waals surface area contributed by atoms with Crippen LogP contribution < -0.4 is 4.74 Å². The lowest BCUT2D eigenvalue weighted by atomic mass is 10.00. The molecule has 0 saturated heterocycles. The molecule has 7 heteroatoms. The number of ether oxygens (including phenoxy) is 1. The molecule has 0 aliphatic carbocycles. The van der Waals surface area contributed by atoms with Crippen LogP contribution in [-0.2, 0) is 11.2 Å². The molecule has 0 fully saturated rings. The Morgan fingerprint density at radius 1 is 1.08 bits per heavy atom. The average Bonchev–Trinajstić information content (AvgIpc) is 3.40. The Hall–Kier alpha value is -3.19. The maximum Gasteiger partial charge on any atom is 0.254 e. The van der Waals surface area contributed by atoms with Crippen molar-refractivity contribution < 1.29 is 18.7 Å². The Labute approximate surface area is 229 Å². The largest absolute Gasteiger partial charge is 0.491 e. The Balaban J connectivity index is 1.52. The van der Waals surface area contributed by atoms with E-state index in [9.17, 15) is 14.0 Å². The predicted octanol–water partition coefficient (Wildman–Crippen LogP) is 6.70. The lowest BCUT2D eigenvalue weighted by Crippen LogP contribution is -2.48. The molecule has 0 unspecified atom stereocenters. The number of nitrogens with zero attached hydrogens (tertiary/aromatic N) is 2. The first-order valence-corrected chi connectivity index (χ1v) is 14.3. The van der Waals surface area contributed by atoms with Crippen LogP contribution in [0.4, 0.5) is 4.39 Å². The average molecular weight is 537 g/mol. The predicted molar refractivity (Wildman–Crippen MR) is 150 cm³/mol. The zero-order valence-corrected chi connectivity index (χ0v) is 23.5. The monoisotopic (exact) mass is 536 g/mol. The van der Waals surface area contributed by atoms with Gasteiger partial charge >= 0.3 is 0 Å². The number of benzene rings is 2. The lowest BCUT2D eigenvalue weighted by Gasteiger charge is -2.37. The zero-order chi connectivity index (χ0) is 27.2. The second-order valence-electron chi connectivity index (χ2n) is 10.4. The summed E-state index contributed by atoms with van der Waals surface area (Å²) in [5.74, 6) is 0.681. The fourth-order valence-electron chi connectivity index (χ4n) is 4.75. The normalized spacial score (nSPS) is 15.7. The van der Waals surface area contributed by atoms with E-state index in [0.29, 0.717) is 31.2 Å². The van der Waals surface area contributed by atoms with E-state index < -0.39 is 5.82 Å². The highest BCUT2D eigenvalue weighted by atomic mass is 32.1. The molecule has 3 aromatic rings. The quantitative estimate of drug-likeness (QED) is 0.290. The van der Waals surface area contributed by atoms with Gasteiger partial charge in [-0.25, -0.2) is 4.39 Å². The van der Waals surface area contributed by atoms with E-state index in [1.807, 2.05) is 17.0 Å². The summed E-state index contributed by atoms with van der Waals surface area (Å²) in [6.45, 7) is 9.79. The molecule has 0 radical (unpaired) electrons. The molecular formula is C31H37FN2O3S. The van der Waals surface area contributed by atoms with E-state index >= 15 is 0 Å². The SMILES string of the molecule is CC[C@@H](C)CN(CC(=O)N1CCc2sccc2[C@H]1COc1ccc(C(C)C)cc1)C(=O)c1ccc(F)cc1. The van der Waals surface area contributed by atoms with Gasteiger partial charge in [0.25, 0.3) is 5.91 Å². The summed E-state index contributed by atoms with van der Waals surface area (Å²) in [5.41, 5.74) is 2.75. The summed E-state index contributed by atoms with van der Waals surface area (Å²) < 4.78 is 19.7. The maximum atomic E-state index is 13.8. The molecule has 2 atom stereocenters. The third kappa shape index (κ3) is 6.62. The fraction of sp³-hybridized carbons (Fsp3) is 0.419. The van der Waals surface area contributed by atoms with Gasteiger partial charge in [0.15, 0.2) is 0 Å². The van der Waals surface area contributed by atoms with Gasteiger partial charge in [0.1, 0.15) is 24.7 Å². The van der Waals surface area contributed by atoms with E-state index in [1.165, 1.54) is 34.7 Å². The Kier molecular flexibility index (Phi) is 9.21. The molecule has 2 amide bonds. The number of halogens is 1. The minimum absolute atomic E-state index is 0.0282. The summed E-state index contributed by atoms with van der Waals surface area (Å²) in [6.07, 6.45) is 1.67. The highest BCUT2D eigenvalue weighted by molar-refractivity contribution is 7.10. The summed E-state index contributed by atoms with van der Waals surface area (Å²) in [5, 5.41) is 2.07. The molecule has 0 spiro atoms. The summed E-state index contributed by atoms with van der Waals surface area (Å²) in [6, 6.07) is 15.5. The van der Waals surface area contributed by atoms with Gasteiger partial charge < -0.3 is 14.5 Å². The van der Waals surface area contributed by atoms with Crippen molar-refractivity contribution in [2.75, 3.05) is 26.2 Å². The molecule has 5 nitrogen and oxygen atoms in total. The molecule has 2 heterocycles. The summed E-state index contributed by atoms with van der Waals surface area (Å²) >= 11 is 1.71. The molecule has 0 bridgehead atoms. The van der Waals surface area contributed by atoms with Gasteiger partial charge in [-0.2, -0.15) is 0 Å². The Morgan fingerprint density at radius 2 is 1.79 bits per heavy atom. The van der Waals surface area contributed by atoms with Crippen LogP contribution in [0, 0.1) is 11.7 Å². The highest BCUT2D eigenvalue weighted by Gasteiger charge is 2.34. The van der Waals surface area contributed by atoms with Crippen LogP contribution in [0.5, 0.6) is 5.75 Å². The lowest BCUT2D eigenvalue weighted by molar-refractivity contribution is -0.135. The third-order valence-corrected chi connectivity index (χ3v) is 8.30. The highest BCUT2D eigenvalue weighted by Crippen LogP contribution is 2.34. The van der Waals surface area contributed by atoms with Crippen molar-refractivity contribution in [3.8, 4) is 5.75 Å². The van der Waals surface area contributed by atoms with Crippen molar-refractivity contribution >= 4 is 23.2 Å². The molecule has 0 N–H and O–H groups in total.